The molecule has 0 amide bonds. The predicted octanol–water partition coefficient (Wildman–Crippen LogP) is 3.79. The summed E-state index contributed by atoms with van der Waals surface area (Å²) in [5.41, 5.74) is 0.968. The molecule has 0 saturated carbocycles. The van der Waals surface area contributed by atoms with Gasteiger partial charge in [-0.15, -0.1) is 0 Å². The normalized spacial score (nSPS) is 12.7. The number of hydrogen-bond acceptors (Lipinski definition) is 5. The summed E-state index contributed by atoms with van der Waals surface area (Å²) < 4.78 is 4.99. The van der Waals surface area contributed by atoms with Gasteiger partial charge in [0, 0.05) is 23.6 Å². The van der Waals surface area contributed by atoms with E-state index in [1.165, 1.54) is 6.20 Å². The summed E-state index contributed by atoms with van der Waals surface area (Å²) in [4.78, 5) is 28.8. The standard InChI is InChI=1S/C19H17ClN2O3/c1-2-25-19(24)16(12-21)15(13-6-8-14(20)9-7-13)11-18(23)17-5-3-4-10-22-17/h3-10,15-16H,2,11H2,1H3. The molecule has 0 N–H and O–H groups in total. The number of Topliss-reactive ketones (excluding diaryl/α,β-unsaturated/α-hetero) is 1. The summed E-state index contributed by atoms with van der Waals surface area (Å²) in [6.07, 6.45) is 1.49. The van der Waals surface area contributed by atoms with Gasteiger partial charge >= 0.3 is 5.97 Å². The van der Waals surface area contributed by atoms with Crippen molar-refractivity contribution in [1.29, 1.82) is 5.26 Å². The number of hydrogen-bond donors (Lipinski definition) is 0. The summed E-state index contributed by atoms with van der Waals surface area (Å²) in [7, 11) is 0. The van der Waals surface area contributed by atoms with Crippen LogP contribution >= 0.6 is 11.6 Å². The second-order valence-corrected chi connectivity index (χ2v) is 5.80. The van der Waals surface area contributed by atoms with Crippen molar-refractivity contribution in [3.05, 3.63) is 64.9 Å². The van der Waals surface area contributed by atoms with E-state index in [9.17, 15) is 14.9 Å². The lowest BCUT2D eigenvalue weighted by molar-refractivity contribution is -0.146. The van der Waals surface area contributed by atoms with Crippen LogP contribution in [0.15, 0.2) is 48.7 Å². The lowest BCUT2D eigenvalue weighted by atomic mass is 9.82. The van der Waals surface area contributed by atoms with Gasteiger partial charge < -0.3 is 4.74 Å². The number of aromatic nitrogens is 1. The number of carbonyl (C=O) groups excluding carboxylic acids is 2. The number of carbonyl (C=O) groups is 2. The monoisotopic (exact) mass is 356 g/mol. The Morgan fingerprint density at radius 1 is 1.24 bits per heavy atom. The first-order valence-corrected chi connectivity index (χ1v) is 8.20. The van der Waals surface area contributed by atoms with Gasteiger partial charge in [-0.25, -0.2) is 0 Å². The third-order valence-electron chi connectivity index (χ3n) is 3.74. The molecule has 128 valence electrons. The molecule has 1 heterocycles. The number of nitriles is 1. The third-order valence-corrected chi connectivity index (χ3v) is 3.99. The molecule has 2 atom stereocenters. The van der Waals surface area contributed by atoms with E-state index < -0.39 is 17.8 Å². The van der Waals surface area contributed by atoms with Gasteiger partial charge in [0.2, 0.25) is 0 Å². The van der Waals surface area contributed by atoms with Crippen molar-refractivity contribution in [2.24, 2.45) is 5.92 Å². The molecule has 2 aromatic rings. The summed E-state index contributed by atoms with van der Waals surface area (Å²) in [6, 6.07) is 13.8. The molecule has 1 aromatic carbocycles. The maximum Gasteiger partial charge on any atom is 0.323 e. The van der Waals surface area contributed by atoms with E-state index in [1.54, 1.807) is 49.4 Å². The second-order valence-electron chi connectivity index (χ2n) is 5.36. The fourth-order valence-electron chi connectivity index (χ4n) is 2.51. The zero-order chi connectivity index (χ0) is 18.2. The van der Waals surface area contributed by atoms with Gasteiger partial charge in [0.25, 0.3) is 0 Å². The van der Waals surface area contributed by atoms with Crippen LogP contribution in [-0.2, 0) is 9.53 Å². The van der Waals surface area contributed by atoms with Crippen molar-refractivity contribution in [3.8, 4) is 6.07 Å². The molecule has 5 nitrogen and oxygen atoms in total. The predicted molar refractivity (Wildman–Crippen MR) is 93.1 cm³/mol. The van der Waals surface area contributed by atoms with Crippen molar-refractivity contribution in [1.82, 2.24) is 4.98 Å². The van der Waals surface area contributed by atoms with Crippen molar-refractivity contribution in [3.63, 3.8) is 0 Å². The Balaban J connectivity index is 2.34. The molecule has 25 heavy (non-hydrogen) atoms. The number of halogens is 1. The quantitative estimate of drug-likeness (QED) is 0.557. The number of esters is 1. The molecule has 0 spiro atoms. The van der Waals surface area contributed by atoms with Gasteiger partial charge in [-0.2, -0.15) is 5.26 Å². The average molecular weight is 357 g/mol. The molecule has 0 aliphatic rings. The molecule has 0 radical (unpaired) electrons. The minimum Gasteiger partial charge on any atom is -0.465 e. The van der Waals surface area contributed by atoms with Crippen LogP contribution < -0.4 is 0 Å². The van der Waals surface area contributed by atoms with E-state index in [1.807, 2.05) is 6.07 Å². The fourth-order valence-corrected chi connectivity index (χ4v) is 2.64. The Morgan fingerprint density at radius 2 is 1.96 bits per heavy atom. The van der Waals surface area contributed by atoms with Crippen LogP contribution in [0.5, 0.6) is 0 Å². The summed E-state index contributed by atoms with van der Waals surface area (Å²) in [5, 5.41) is 10.0. The van der Waals surface area contributed by atoms with E-state index in [4.69, 9.17) is 16.3 Å². The molecule has 2 unspecified atom stereocenters. The molecule has 2 rings (SSSR count). The molecular formula is C19H17ClN2O3. The molecule has 0 bridgehead atoms. The Labute approximate surface area is 151 Å². The first kappa shape index (κ1) is 18.6. The minimum absolute atomic E-state index is 0.0321. The lowest BCUT2D eigenvalue weighted by Gasteiger charge is -2.20. The van der Waals surface area contributed by atoms with Crippen LogP contribution in [0, 0.1) is 17.2 Å². The van der Waals surface area contributed by atoms with Crippen LogP contribution in [-0.4, -0.2) is 23.3 Å². The Kier molecular flexibility index (Phi) is 6.67. The van der Waals surface area contributed by atoms with Crippen LogP contribution in [0.4, 0.5) is 0 Å². The summed E-state index contributed by atoms with van der Waals surface area (Å²) in [5.74, 6) is -2.62. The van der Waals surface area contributed by atoms with Crippen molar-refractivity contribution in [2.45, 2.75) is 19.3 Å². The minimum atomic E-state index is -1.09. The fraction of sp³-hybridized carbons (Fsp3) is 0.263. The van der Waals surface area contributed by atoms with Gasteiger partial charge in [0.15, 0.2) is 11.7 Å². The van der Waals surface area contributed by atoms with Crippen LogP contribution in [0.2, 0.25) is 5.02 Å². The highest BCUT2D eigenvalue weighted by atomic mass is 35.5. The zero-order valence-corrected chi connectivity index (χ0v) is 14.4. The first-order chi connectivity index (χ1) is 12.1. The van der Waals surface area contributed by atoms with E-state index in [-0.39, 0.29) is 18.8 Å². The first-order valence-electron chi connectivity index (χ1n) is 7.82. The highest BCUT2D eigenvalue weighted by molar-refractivity contribution is 6.30. The number of rotatable bonds is 7. The smallest absolute Gasteiger partial charge is 0.323 e. The number of pyridine rings is 1. The number of nitrogens with zero attached hydrogens (tertiary/aromatic N) is 2. The highest BCUT2D eigenvalue weighted by Crippen LogP contribution is 2.31. The SMILES string of the molecule is CCOC(=O)C(C#N)C(CC(=O)c1ccccn1)c1ccc(Cl)cc1. The molecule has 0 saturated heterocycles. The number of ether oxygens (including phenoxy) is 1. The number of benzene rings is 1. The van der Waals surface area contributed by atoms with Crippen LogP contribution in [0.25, 0.3) is 0 Å². The Morgan fingerprint density at radius 3 is 2.52 bits per heavy atom. The Hall–Kier alpha value is -2.71. The van der Waals surface area contributed by atoms with Gasteiger partial charge in [-0.1, -0.05) is 29.8 Å². The van der Waals surface area contributed by atoms with Crippen LogP contribution in [0.1, 0.15) is 35.3 Å². The zero-order valence-electron chi connectivity index (χ0n) is 13.7. The van der Waals surface area contributed by atoms with E-state index >= 15 is 0 Å². The molecule has 1 aromatic heterocycles. The average Bonchev–Trinajstić information content (AvgIpc) is 2.63. The van der Waals surface area contributed by atoms with Gasteiger partial charge in [-0.05, 0) is 36.8 Å². The summed E-state index contributed by atoms with van der Waals surface area (Å²) in [6.45, 7) is 1.83. The maximum atomic E-state index is 12.5. The van der Waals surface area contributed by atoms with Crippen molar-refractivity contribution < 1.29 is 14.3 Å². The molecule has 0 fully saturated rings. The van der Waals surface area contributed by atoms with Crippen molar-refractivity contribution >= 4 is 23.4 Å². The topological polar surface area (TPSA) is 80.0 Å². The van der Waals surface area contributed by atoms with Crippen LogP contribution in [0.3, 0.4) is 0 Å². The molecular weight excluding hydrogens is 340 g/mol. The van der Waals surface area contributed by atoms with E-state index in [2.05, 4.69) is 4.98 Å². The molecule has 6 heteroatoms. The highest BCUT2D eigenvalue weighted by Gasteiger charge is 2.33. The van der Waals surface area contributed by atoms with Gasteiger partial charge in [0.1, 0.15) is 5.69 Å². The van der Waals surface area contributed by atoms with E-state index in [0.717, 1.165) is 0 Å². The number of ketones is 1. The van der Waals surface area contributed by atoms with Gasteiger partial charge in [0.05, 0.1) is 12.7 Å². The largest absolute Gasteiger partial charge is 0.465 e. The van der Waals surface area contributed by atoms with Crippen molar-refractivity contribution in [2.75, 3.05) is 6.61 Å². The van der Waals surface area contributed by atoms with E-state index in [0.29, 0.717) is 16.3 Å². The molecule has 0 aliphatic carbocycles. The summed E-state index contributed by atoms with van der Waals surface area (Å²) >= 11 is 5.91. The third kappa shape index (κ3) is 4.88. The Bertz CT molecular complexity index is 770. The van der Waals surface area contributed by atoms with Gasteiger partial charge in [-0.3, -0.25) is 14.6 Å². The second kappa shape index (κ2) is 8.95. The maximum absolute atomic E-state index is 12.5. The lowest BCUT2D eigenvalue weighted by Crippen LogP contribution is -2.25. The molecule has 0 aliphatic heterocycles.